The monoisotopic (exact) mass is 192 g/mol. The molecule has 0 fully saturated rings. The average Bonchev–Trinajstić information content (AvgIpc) is 2.18. The lowest BCUT2D eigenvalue weighted by Gasteiger charge is -2.13. The number of hydrogen-bond acceptors (Lipinski definition) is 2. The van der Waals surface area contributed by atoms with Crippen molar-refractivity contribution >= 4 is 5.91 Å². The second-order valence-electron chi connectivity index (χ2n) is 2.71. The number of hydrogen-bond donors (Lipinski definition) is 0. The second-order valence-corrected chi connectivity index (χ2v) is 2.71. The number of carbonyl (C=O) groups excluding carboxylic acids is 1. The minimum atomic E-state index is -0.777. The summed E-state index contributed by atoms with van der Waals surface area (Å²) >= 11 is 0. The van der Waals surface area contributed by atoms with Crippen molar-refractivity contribution in [3.05, 3.63) is 29.8 Å². The van der Waals surface area contributed by atoms with Crippen LogP contribution in [0.25, 0.3) is 0 Å². The topological polar surface area (TPSA) is 33.2 Å². The maximum absolute atomic E-state index is 13.0. The second kappa shape index (κ2) is 4.38. The van der Waals surface area contributed by atoms with Crippen LogP contribution in [0.2, 0.25) is 0 Å². The van der Waals surface area contributed by atoms with Gasteiger partial charge in [-0.05, 0) is 12.1 Å². The Morgan fingerprint density at radius 1 is 1.79 bits per heavy atom. The van der Waals surface area contributed by atoms with Crippen LogP contribution in [0.1, 0.15) is 10.4 Å². The zero-order valence-electron chi connectivity index (χ0n) is 7.70. The fraction of sp³-hybridized carbons (Fsp3) is 0.200. The Balaban J connectivity index is 2.91. The quantitative estimate of drug-likeness (QED) is 0.515. The van der Waals surface area contributed by atoms with Crippen molar-refractivity contribution in [2.45, 2.75) is 0 Å². The van der Waals surface area contributed by atoms with Crippen molar-refractivity contribution < 1.29 is 9.18 Å². The molecular formula is C10H9FN2O. The molecule has 0 spiro atoms. The van der Waals surface area contributed by atoms with Crippen LogP contribution in [0, 0.1) is 18.3 Å². The molecule has 3 nitrogen and oxygen atoms in total. The molecule has 1 rings (SSSR count). The third-order valence-electron chi connectivity index (χ3n) is 1.66. The first-order valence-electron chi connectivity index (χ1n) is 3.96. The molecule has 0 saturated carbocycles. The third kappa shape index (κ3) is 2.07. The summed E-state index contributed by atoms with van der Waals surface area (Å²) in [4.78, 5) is 16.1. The number of aromatic nitrogens is 1. The van der Waals surface area contributed by atoms with Gasteiger partial charge in [0.25, 0.3) is 5.91 Å². The Morgan fingerprint density at radius 2 is 2.50 bits per heavy atom. The van der Waals surface area contributed by atoms with E-state index in [2.05, 4.69) is 10.9 Å². The van der Waals surface area contributed by atoms with Crippen LogP contribution in [0.4, 0.5) is 4.39 Å². The van der Waals surface area contributed by atoms with E-state index in [0.29, 0.717) is 0 Å². The van der Waals surface area contributed by atoms with Gasteiger partial charge in [-0.25, -0.2) is 4.98 Å². The molecule has 1 aromatic heterocycles. The van der Waals surface area contributed by atoms with E-state index in [-0.39, 0.29) is 12.1 Å². The Hall–Kier alpha value is -1.89. The first kappa shape index (κ1) is 10.2. The Kier molecular flexibility index (Phi) is 3.19. The Morgan fingerprint density at radius 3 is 3.07 bits per heavy atom. The van der Waals surface area contributed by atoms with Crippen molar-refractivity contribution in [2.75, 3.05) is 13.6 Å². The fourth-order valence-corrected chi connectivity index (χ4v) is 0.960. The fourth-order valence-electron chi connectivity index (χ4n) is 0.960. The van der Waals surface area contributed by atoms with Gasteiger partial charge in [0.1, 0.15) is 0 Å². The molecule has 0 saturated heterocycles. The smallest absolute Gasteiger partial charge is 0.259 e. The van der Waals surface area contributed by atoms with E-state index < -0.39 is 11.9 Å². The number of rotatable bonds is 2. The number of carbonyl (C=O) groups is 1. The number of halogens is 1. The lowest BCUT2D eigenvalue weighted by Crippen LogP contribution is -2.27. The van der Waals surface area contributed by atoms with Crippen molar-refractivity contribution in [3.8, 4) is 12.3 Å². The first-order chi connectivity index (χ1) is 6.66. The van der Waals surface area contributed by atoms with Crippen molar-refractivity contribution in [1.29, 1.82) is 0 Å². The van der Waals surface area contributed by atoms with E-state index in [1.54, 1.807) is 0 Å². The van der Waals surface area contributed by atoms with E-state index >= 15 is 0 Å². The van der Waals surface area contributed by atoms with Gasteiger partial charge in [-0.2, -0.15) is 4.39 Å². The molecule has 0 N–H and O–H groups in total. The SMILES string of the molecule is C#CCN(C)C(=O)c1cccnc1F. The number of pyridine rings is 1. The summed E-state index contributed by atoms with van der Waals surface area (Å²) in [6, 6.07) is 2.87. The summed E-state index contributed by atoms with van der Waals surface area (Å²) in [7, 11) is 1.51. The molecule has 0 unspecified atom stereocenters. The van der Waals surface area contributed by atoms with Crippen LogP contribution in [-0.2, 0) is 0 Å². The number of terminal acetylenes is 1. The van der Waals surface area contributed by atoms with E-state index in [0.717, 1.165) is 0 Å². The lowest BCUT2D eigenvalue weighted by atomic mass is 10.2. The summed E-state index contributed by atoms with van der Waals surface area (Å²) in [5.41, 5.74) is -0.0646. The summed E-state index contributed by atoms with van der Waals surface area (Å²) in [5.74, 6) is 1.06. The Bertz CT molecular complexity index is 384. The molecule has 1 amide bonds. The summed E-state index contributed by atoms with van der Waals surface area (Å²) in [5, 5.41) is 0. The molecule has 0 aromatic carbocycles. The van der Waals surface area contributed by atoms with Crippen LogP contribution in [-0.4, -0.2) is 29.4 Å². The van der Waals surface area contributed by atoms with Gasteiger partial charge in [0.15, 0.2) is 0 Å². The van der Waals surface area contributed by atoms with Gasteiger partial charge in [-0.15, -0.1) is 6.42 Å². The lowest BCUT2D eigenvalue weighted by molar-refractivity contribution is 0.0807. The largest absolute Gasteiger partial charge is 0.330 e. The van der Waals surface area contributed by atoms with Gasteiger partial charge in [0, 0.05) is 13.2 Å². The van der Waals surface area contributed by atoms with Gasteiger partial charge in [-0.3, -0.25) is 4.79 Å². The summed E-state index contributed by atoms with van der Waals surface area (Å²) < 4.78 is 13.0. The van der Waals surface area contributed by atoms with Crippen molar-refractivity contribution in [1.82, 2.24) is 9.88 Å². The summed E-state index contributed by atoms with van der Waals surface area (Å²) in [6.45, 7) is 0.146. The zero-order chi connectivity index (χ0) is 10.6. The highest BCUT2D eigenvalue weighted by atomic mass is 19.1. The number of nitrogens with zero attached hydrogens (tertiary/aromatic N) is 2. The normalized spacial score (nSPS) is 9.21. The first-order valence-corrected chi connectivity index (χ1v) is 3.96. The van der Waals surface area contributed by atoms with Crippen LogP contribution in [0.5, 0.6) is 0 Å². The maximum Gasteiger partial charge on any atom is 0.259 e. The minimum Gasteiger partial charge on any atom is -0.330 e. The van der Waals surface area contributed by atoms with Gasteiger partial charge in [0.05, 0.1) is 12.1 Å². The molecule has 0 aliphatic rings. The van der Waals surface area contributed by atoms with Crippen LogP contribution < -0.4 is 0 Å². The average molecular weight is 192 g/mol. The van der Waals surface area contributed by atoms with Crippen molar-refractivity contribution in [3.63, 3.8) is 0 Å². The summed E-state index contributed by atoms with van der Waals surface area (Å²) in [6.07, 6.45) is 6.32. The standard InChI is InChI=1S/C10H9FN2O/c1-3-7-13(2)10(14)8-5-4-6-12-9(8)11/h1,4-6H,7H2,2H3. The third-order valence-corrected chi connectivity index (χ3v) is 1.66. The molecule has 1 heterocycles. The highest BCUT2D eigenvalue weighted by Crippen LogP contribution is 2.05. The highest BCUT2D eigenvalue weighted by molar-refractivity contribution is 5.94. The van der Waals surface area contributed by atoms with Gasteiger partial charge >= 0.3 is 0 Å². The molecule has 0 radical (unpaired) electrons. The molecule has 0 aliphatic carbocycles. The van der Waals surface area contributed by atoms with Crippen LogP contribution in [0.3, 0.4) is 0 Å². The Labute approximate surface area is 81.6 Å². The molecule has 4 heteroatoms. The van der Waals surface area contributed by atoms with Gasteiger partial charge in [0.2, 0.25) is 5.95 Å². The van der Waals surface area contributed by atoms with Crippen molar-refractivity contribution in [2.24, 2.45) is 0 Å². The van der Waals surface area contributed by atoms with E-state index in [1.165, 1.54) is 30.3 Å². The molecular weight excluding hydrogens is 183 g/mol. The minimum absolute atomic E-state index is 0.0646. The maximum atomic E-state index is 13.0. The van der Waals surface area contributed by atoms with E-state index in [1.807, 2.05) is 0 Å². The van der Waals surface area contributed by atoms with E-state index in [9.17, 15) is 9.18 Å². The highest BCUT2D eigenvalue weighted by Gasteiger charge is 2.15. The molecule has 0 aliphatic heterocycles. The van der Waals surface area contributed by atoms with Crippen LogP contribution >= 0.6 is 0 Å². The zero-order valence-corrected chi connectivity index (χ0v) is 7.70. The van der Waals surface area contributed by atoms with Gasteiger partial charge in [-0.1, -0.05) is 5.92 Å². The molecule has 0 bridgehead atoms. The van der Waals surface area contributed by atoms with E-state index in [4.69, 9.17) is 6.42 Å². The number of amides is 1. The molecule has 1 aromatic rings. The molecule has 0 atom stereocenters. The van der Waals surface area contributed by atoms with Gasteiger partial charge < -0.3 is 4.90 Å². The predicted molar refractivity (Wildman–Crippen MR) is 50.0 cm³/mol. The predicted octanol–water partition coefficient (Wildman–Crippen LogP) is 0.926. The molecule has 72 valence electrons. The molecule has 14 heavy (non-hydrogen) atoms. The van der Waals surface area contributed by atoms with Crippen LogP contribution in [0.15, 0.2) is 18.3 Å².